The first-order chi connectivity index (χ1) is 16.4. The molecule has 3 aromatic carbocycles. The van der Waals surface area contributed by atoms with Gasteiger partial charge < -0.3 is 14.4 Å². The predicted octanol–water partition coefficient (Wildman–Crippen LogP) is 3.42. The quantitative estimate of drug-likeness (QED) is 0.534. The highest BCUT2D eigenvalue weighted by molar-refractivity contribution is 7.89. The highest BCUT2D eigenvalue weighted by atomic mass is 32.2. The third kappa shape index (κ3) is 5.24. The number of carbonyl (C=O) groups is 1. The first-order valence-electron chi connectivity index (χ1n) is 11.1. The van der Waals surface area contributed by atoms with Gasteiger partial charge in [-0.2, -0.15) is 0 Å². The van der Waals surface area contributed by atoms with Crippen molar-refractivity contribution in [3.63, 3.8) is 0 Å². The van der Waals surface area contributed by atoms with Crippen molar-refractivity contribution in [1.82, 2.24) is 9.62 Å². The highest BCUT2D eigenvalue weighted by Crippen LogP contribution is 2.27. The standard InChI is InChI=1S/C26H28N2O5S/c1-32-24-12-7-19(17-25(24)33-2)13-15-27-34(30,31)23-10-8-21(9-11-23)26(29)28-16-14-20-5-3-4-6-22(20)18-28/h3-12,17,27H,13-16,18H2,1-2H3. The van der Waals surface area contributed by atoms with Crippen molar-refractivity contribution in [2.24, 2.45) is 0 Å². The summed E-state index contributed by atoms with van der Waals surface area (Å²) in [5, 5.41) is 0. The molecule has 1 aliphatic heterocycles. The zero-order valence-corrected chi connectivity index (χ0v) is 20.1. The first-order valence-corrected chi connectivity index (χ1v) is 12.6. The van der Waals surface area contributed by atoms with Crippen molar-refractivity contribution in [3.05, 3.63) is 89.0 Å². The number of hydrogen-bond donors (Lipinski definition) is 1. The van der Waals surface area contributed by atoms with E-state index in [0.717, 1.165) is 17.5 Å². The lowest BCUT2D eigenvalue weighted by Crippen LogP contribution is -2.36. The molecule has 8 heteroatoms. The van der Waals surface area contributed by atoms with Crippen LogP contribution in [0.3, 0.4) is 0 Å². The lowest BCUT2D eigenvalue weighted by atomic mass is 9.99. The molecule has 3 aromatic rings. The number of fused-ring (bicyclic) bond motifs is 1. The molecule has 0 unspecified atom stereocenters. The Bertz CT molecular complexity index is 1270. The average molecular weight is 481 g/mol. The van der Waals surface area contributed by atoms with Gasteiger partial charge in [0.1, 0.15) is 0 Å². The van der Waals surface area contributed by atoms with Gasteiger partial charge in [0.05, 0.1) is 19.1 Å². The number of nitrogens with one attached hydrogen (secondary N) is 1. The van der Waals surface area contributed by atoms with Crippen molar-refractivity contribution < 1.29 is 22.7 Å². The molecule has 0 fully saturated rings. The number of rotatable bonds is 8. The number of methoxy groups -OCH3 is 2. The molecule has 0 bridgehead atoms. The second-order valence-electron chi connectivity index (χ2n) is 8.11. The van der Waals surface area contributed by atoms with Gasteiger partial charge in [0, 0.05) is 25.2 Å². The minimum absolute atomic E-state index is 0.0973. The fourth-order valence-corrected chi connectivity index (χ4v) is 5.11. The zero-order valence-electron chi connectivity index (χ0n) is 19.3. The molecule has 178 valence electrons. The second-order valence-corrected chi connectivity index (χ2v) is 9.87. The zero-order chi connectivity index (χ0) is 24.1. The summed E-state index contributed by atoms with van der Waals surface area (Å²) in [4.78, 5) is 14.9. The third-order valence-corrected chi connectivity index (χ3v) is 7.46. The molecule has 1 N–H and O–H groups in total. The lowest BCUT2D eigenvalue weighted by Gasteiger charge is -2.29. The van der Waals surface area contributed by atoms with Crippen LogP contribution in [-0.4, -0.2) is 46.5 Å². The van der Waals surface area contributed by atoms with Crippen LogP contribution in [0.15, 0.2) is 71.6 Å². The van der Waals surface area contributed by atoms with Crippen LogP contribution in [0.25, 0.3) is 0 Å². The van der Waals surface area contributed by atoms with E-state index < -0.39 is 10.0 Å². The van der Waals surface area contributed by atoms with Crippen LogP contribution in [-0.2, 0) is 29.4 Å². The van der Waals surface area contributed by atoms with Crippen molar-refractivity contribution in [1.29, 1.82) is 0 Å². The molecule has 0 radical (unpaired) electrons. The summed E-state index contributed by atoms with van der Waals surface area (Å²) >= 11 is 0. The molecular weight excluding hydrogens is 452 g/mol. The number of sulfonamides is 1. The fourth-order valence-electron chi connectivity index (χ4n) is 4.08. The van der Waals surface area contributed by atoms with E-state index in [1.54, 1.807) is 37.3 Å². The second kappa shape index (κ2) is 10.3. The smallest absolute Gasteiger partial charge is 0.254 e. The Hall–Kier alpha value is -3.36. The van der Waals surface area contributed by atoms with Crippen LogP contribution < -0.4 is 14.2 Å². The lowest BCUT2D eigenvalue weighted by molar-refractivity contribution is 0.0734. The van der Waals surface area contributed by atoms with Gasteiger partial charge in [-0.05, 0) is 65.9 Å². The van der Waals surface area contributed by atoms with Crippen molar-refractivity contribution in [2.45, 2.75) is 24.3 Å². The molecular formula is C26H28N2O5S. The largest absolute Gasteiger partial charge is 0.493 e. The molecule has 1 amide bonds. The molecule has 34 heavy (non-hydrogen) atoms. The summed E-state index contributed by atoms with van der Waals surface area (Å²) in [6.45, 7) is 1.44. The molecule has 1 aliphatic rings. The summed E-state index contributed by atoms with van der Waals surface area (Å²) in [6.07, 6.45) is 1.31. The maximum atomic E-state index is 12.9. The monoisotopic (exact) mass is 480 g/mol. The Morgan fingerprint density at radius 1 is 0.941 bits per heavy atom. The van der Waals surface area contributed by atoms with Gasteiger partial charge in [0.25, 0.3) is 5.91 Å². The fraction of sp³-hybridized carbons (Fsp3) is 0.269. The minimum Gasteiger partial charge on any atom is -0.493 e. The molecule has 0 aromatic heterocycles. The van der Waals surface area contributed by atoms with Crippen LogP contribution in [0.2, 0.25) is 0 Å². The van der Waals surface area contributed by atoms with Crippen LogP contribution in [0.5, 0.6) is 11.5 Å². The number of ether oxygens (including phenoxy) is 2. The molecule has 0 saturated carbocycles. The molecule has 0 aliphatic carbocycles. The van der Waals surface area contributed by atoms with E-state index in [1.807, 2.05) is 30.3 Å². The first kappa shape index (κ1) is 23.8. The number of nitrogens with zero attached hydrogens (tertiary/aromatic N) is 1. The molecule has 4 rings (SSSR count). The van der Waals surface area contributed by atoms with Crippen LogP contribution in [0, 0.1) is 0 Å². The van der Waals surface area contributed by atoms with Crippen molar-refractivity contribution in [3.8, 4) is 11.5 Å². The van der Waals surface area contributed by atoms with Crippen molar-refractivity contribution >= 4 is 15.9 Å². The van der Waals surface area contributed by atoms with E-state index in [4.69, 9.17) is 9.47 Å². The number of carbonyl (C=O) groups excluding carboxylic acids is 1. The summed E-state index contributed by atoms with van der Waals surface area (Å²) < 4.78 is 38.6. The maximum Gasteiger partial charge on any atom is 0.254 e. The van der Waals surface area contributed by atoms with Gasteiger partial charge in [-0.25, -0.2) is 13.1 Å². The average Bonchev–Trinajstić information content (AvgIpc) is 2.87. The summed E-state index contributed by atoms with van der Waals surface area (Å²) in [6, 6.07) is 19.7. The number of benzene rings is 3. The van der Waals surface area contributed by atoms with E-state index in [1.165, 1.54) is 17.7 Å². The van der Waals surface area contributed by atoms with Gasteiger partial charge in [-0.3, -0.25) is 4.79 Å². The van der Waals surface area contributed by atoms with Gasteiger partial charge in [0.15, 0.2) is 11.5 Å². The third-order valence-electron chi connectivity index (χ3n) is 5.98. The van der Waals surface area contributed by atoms with Gasteiger partial charge in [-0.1, -0.05) is 30.3 Å². The summed E-state index contributed by atoms with van der Waals surface area (Å²) in [5.74, 6) is 1.12. The molecule has 0 spiro atoms. The normalized spacial score (nSPS) is 13.3. The Morgan fingerprint density at radius 3 is 2.35 bits per heavy atom. The van der Waals surface area contributed by atoms with E-state index in [0.29, 0.717) is 36.6 Å². The Morgan fingerprint density at radius 2 is 1.65 bits per heavy atom. The van der Waals surface area contributed by atoms with E-state index in [-0.39, 0.29) is 17.3 Å². The van der Waals surface area contributed by atoms with E-state index >= 15 is 0 Å². The topological polar surface area (TPSA) is 84.9 Å². The van der Waals surface area contributed by atoms with Crippen LogP contribution in [0.4, 0.5) is 0 Å². The molecule has 0 atom stereocenters. The van der Waals surface area contributed by atoms with Gasteiger partial charge >= 0.3 is 0 Å². The van der Waals surface area contributed by atoms with E-state index in [2.05, 4.69) is 10.8 Å². The Balaban J connectivity index is 1.37. The number of amides is 1. The minimum atomic E-state index is -3.70. The van der Waals surface area contributed by atoms with E-state index in [9.17, 15) is 13.2 Å². The SMILES string of the molecule is COc1ccc(CCNS(=O)(=O)c2ccc(C(=O)N3CCc4ccccc4C3)cc2)cc1OC. The molecule has 1 heterocycles. The van der Waals surface area contributed by atoms with Crippen LogP contribution in [0.1, 0.15) is 27.0 Å². The van der Waals surface area contributed by atoms with Crippen LogP contribution >= 0.6 is 0 Å². The summed E-state index contributed by atoms with van der Waals surface area (Å²) in [7, 11) is -0.573. The Labute approximate surface area is 200 Å². The van der Waals surface area contributed by atoms with Gasteiger partial charge in [0.2, 0.25) is 10.0 Å². The predicted molar refractivity (Wildman–Crippen MR) is 130 cm³/mol. The molecule has 0 saturated heterocycles. The summed E-state index contributed by atoms with van der Waals surface area (Å²) in [5.41, 5.74) is 3.82. The Kier molecular flexibility index (Phi) is 7.19. The highest BCUT2D eigenvalue weighted by Gasteiger charge is 2.22. The number of hydrogen-bond acceptors (Lipinski definition) is 5. The van der Waals surface area contributed by atoms with Crippen molar-refractivity contribution in [2.75, 3.05) is 27.3 Å². The maximum absolute atomic E-state index is 12.9. The van der Waals surface area contributed by atoms with Gasteiger partial charge in [-0.15, -0.1) is 0 Å². The molecule has 7 nitrogen and oxygen atoms in total.